The third-order valence-corrected chi connectivity index (χ3v) is 7.82. The third-order valence-electron chi connectivity index (χ3n) is 3.91. The van der Waals surface area contributed by atoms with Crippen molar-refractivity contribution in [1.29, 1.82) is 0 Å². The van der Waals surface area contributed by atoms with Crippen molar-refractivity contribution in [2.24, 2.45) is 0 Å². The molecule has 0 aliphatic rings. The summed E-state index contributed by atoms with van der Waals surface area (Å²) in [5, 5.41) is 19.4. The Morgan fingerprint density at radius 1 is 0.909 bits per heavy atom. The molecule has 126 valence electrons. The maximum Gasteiger partial charge on any atom is 0.430 e. The van der Waals surface area contributed by atoms with E-state index in [1.165, 1.54) is 6.92 Å². The predicted molar refractivity (Wildman–Crippen MR) is 71.2 cm³/mol. The molecule has 0 spiro atoms. The fraction of sp³-hybridized carbons (Fsp3) is 0.538. The van der Waals surface area contributed by atoms with Gasteiger partial charge in [0, 0.05) is 11.3 Å². The molecule has 0 radical (unpaired) electrons. The Morgan fingerprint density at radius 3 is 1.55 bits per heavy atom. The van der Waals surface area contributed by atoms with Crippen LogP contribution in [0, 0.1) is 0 Å². The number of benzene rings is 1. The Kier molecular flexibility index (Phi) is 4.78. The van der Waals surface area contributed by atoms with Crippen LogP contribution in [0.2, 0.25) is 13.1 Å². The van der Waals surface area contributed by atoms with E-state index in [0.717, 1.165) is 12.1 Å². The van der Waals surface area contributed by atoms with Gasteiger partial charge in [-0.05, 0) is 6.92 Å². The van der Waals surface area contributed by atoms with Gasteiger partial charge in [-0.15, -0.1) is 0 Å². The van der Waals surface area contributed by atoms with E-state index < -0.39 is 37.3 Å². The van der Waals surface area contributed by atoms with Gasteiger partial charge in [-0.3, -0.25) is 0 Å². The average Bonchev–Trinajstić information content (AvgIpc) is 2.35. The van der Waals surface area contributed by atoms with Crippen molar-refractivity contribution in [3.05, 3.63) is 29.8 Å². The first-order valence-corrected chi connectivity index (χ1v) is 9.38. The van der Waals surface area contributed by atoms with Gasteiger partial charge in [0.25, 0.3) is 5.60 Å². The molecule has 0 saturated heterocycles. The second-order valence-corrected chi connectivity index (χ2v) is 10.5. The summed E-state index contributed by atoms with van der Waals surface area (Å²) >= 11 is 0. The van der Waals surface area contributed by atoms with Crippen LogP contribution in [0.3, 0.4) is 0 Å². The number of halogens is 6. The lowest BCUT2D eigenvalue weighted by Crippen LogP contribution is -2.54. The lowest BCUT2D eigenvalue weighted by Gasteiger charge is -2.33. The van der Waals surface area contributed by atoms with Gasteiger partial charge >= 0.3 is 12.4 Å². The van der Waals surface area contributed by atoms with E-state index in [1.807, 2.05) is 0 Å². The van der Waals surface area contributed by atoms with Crippen molar-refractivity contribution in [2.75, 3.05) is 0 Å². The minimum Gasteiger partial charge on any atom is -0.396 e. The molecule has 0 heterocycles. The van der Waals surface area contributed by atoms with E-state index in [9.17, 15) is 36.6 Å². The molecule has 1 aromatic rings. The summed E-state index contributed by atoms with van der Waals surface area (Å²) in [5.74, 6) is 0. The number of hydrogen-bond donors (Lipinski definition) is 2. The van der Waals surface area contributed by atoms with Gasteiger partial charge in [0.1, 0.15) is 8.07 Å². The van der Waals surface area contributed by atoms with E-state index in [1.54, 1.807) is 13.1 Å². The van der Waals surface area contributed by atoms with Crippen LogP contribution in [-0.2, 0) is 5.60 Å². The molecular weight excluding hydrogens is 330 g/mol. The van der Waals surface area contributed by atoms with Crippen molar-refractivity contribution in [3.8, 4) is 0 Å². The molecule has 0 bridgehead atoms. The summed E-state index contributed by atoms with van der Waals surface area (Å²) in [7, 11) is -2.42. The zero-order valence-electron chi connectivity index (χ0n) is 12.0. The molecule has 1 atom stereocenters. The number of hydrogen-bond acceptors (Lipinski definition) is 2. The van der Waals surface area contributed by atoms with Gasteiger partial charge in [-0.2, -0.15) is 26.3 Å². The minimum absolute atomic E-state index is 0.484. The molecule has 0 amide bonds. The van der Waals surface area contributed by atoms with E-state index >= 15 is 0 Å². The van der Waals surface area contributed by atoms with Gasteiger partial charge in [-0.25, -0.2) is 0 Å². The third kappa shape index (κ3) is 3.02. The molecule has 1 rings (SSSR count). The highest BCUT2D eigenvalue weighted by molar-refractivity contribution is 6.90. The Hall–Kier alpha value is -1.06. The zero-order valence-corrected chi connectivity index (χ0v) is 13.0. The van der Waals surface area contributed by atoms with Gasteiger partial charge in [0.2, 0.25) is 0 Å². The quantitative estimate of drug-likeness (QED) is 0.653. The second kappa shape index (κ2) is 5.54. The molecule has 0 aliphatic carbocycles. The highest BCUT2D eigenvalue weighted by Gasteiger charge is 2.71. The minimum atomic E-state index is -5.90. The Labute approximate surface area is 124 Å². The summed E-state index contributed by atoms with van der Waals surface area (Å²) in [6, 6.07) is 3.40. The standard InChI is InChI=1S/C13H16F6O2Si/c1-8(20)22(2,3)10-6-4-9(5-7-10)11(21,12(14,15)16)13(17,18)19/h4-8,20-21H,1-3H3. The summed E-state index contributed by atoms with van der Waals surface area (Å²) in [4.78, 5) is 0. The van der Waals surface area contributed by atoms with Crippen molar-refractivity contribution >= 4 is 13.3 Å². The van der Waals surface area contributed by atoms with Crippen molar-refractivity contribution in [3.63, 3.8) is 0 Å². The molecule has 0 aromatic heterocycles. The van der Waals surface area contributed by atoms with Gasteiger partial charge in [0.15, 0.2) is 0 Å². The summed E-state index contributed by atoms with van der Waals surface area (Å²) in [6.45, 7) is 4.97. The van der Waals surface area contributed by atoms with E-state index in [2.05, 4.69) is 0 Å². The Bertz CT molecular complexity index is 505. The monoisotopic (exact) mass is 346 g/mol. The van der Waals surface area contributed by atoms with Crippen molar-refractivity contribution in [1.82, 2.24) is 0 Å². The van der Waals surface area contributed by atoms with Crippen LogP contribution >= 0.6 is 0 Å². The van der Waals surface area contributed by atoms with E-state index in [4.69, 9.17) is 0 Å². The predicted octanol–water partition coefficient (Wildman–Crippen LogP) is 2.83. The van der Waals surface area contributed by atoms with E-state index in [-0.39, 0.29) is 0 Å². The summed E-state index contributed by atoms with van der Waals surface area (Å²) in [5.41, 5.74) is -6.95. The molecule has 0 saturated carbocycles. The largest absolute Gasteiger partial charge is 0.430 e. The van der Waals surface area contributed by atoms with Crippen LogP contribution in [0.15, 0.2) is 24.3 Å². The van der Waals surface area contributed by atoms with Crippen molar-refractivity contribution < 1.29 is 36.6 Å². The van der Waals surface area contributed by atoms with Crippen LogP contribution in [0.4, 0.5) is 26.3 Å². The van der Waals surface area contributed by atoms with E-state index in [0.29, 0.717) is 17.3 Å². The first-order chi connectivity index (χ1) is 9.65. The molecule has 1 unspecified atom stereocenters. The first-order valence-electron chi connectivity index (χ1n) is 6.30. The van der Waals surface area contributed by atoms with Gasteiger partial charge in [-0.1, -0.05) is 42.5 Å². The highest BCUT2D eigenvalue weighted by Crippen LogP contribution is 2.49. The summed E-state index contributed by atoms with van der Waals surface area (Å²) < 4.78 is 76.5. The molecular formula is C13H16F6O2Si. The number of aliphatic hydroxyl groups excluding tert-OH is 1. The van der Waals surface area contributed by atoms with Gasteiger partial charge < -0.3 is 10.2 Å². The Balaban J connectivity index is 3.39. The van der Waals surface area contributed by atoms with Crippen molar-refractivity contribution in [2.45, 2.75) is 43.7 Å². The van der Waals surface area contributed by atoms with Crippen LogP contribution in [0.25, 0.3) is 0 Å². The molecule has 0 aliphatic heterocycles. The van der Waals surface area contributed by atoms with Crippen LogP contribution in [0.1, 0.15) is 12.5 Å². The maximum absolute atomic E-state index is 12.7. The Morgan fingerprint density at radius 2 is 1.27 bits per heavy atom. The fourth-order valence-electron chi connectivity index (χ4n) is 1.87. The van der Waals surface area contributed by atoms with Crippen LogP contribution < -0.4 is 5.19 Å². The highest BCUT2D eigenvalue weighted by atomic mass is 28.3. The number of alkyl halides is 6. The SMILES string of the molecule is CC(O)[Si](C)(C)c1ccc(C(O)(C(F)(F)F)C(F)(F)F)cc1. The average molecular weight is 346 g/mol. The molecule has 9 heteroatoms. The molecule has 2 nitrogen and oxygen atoms in total. The maximum atomic E-state index is 12.7. The molecule has 1 aromatic carbocycles. The van der Waals surface area contributed by atoms with Gasteiger partial charge in [0.05, 0.1) is 0 Å². The van der Waals surface area contributed by atoms with Crippen LogP contribution in [0.5, 0.6) is 0 Å². The molecule has 22 heavy (non-hydrogen) atoms. The number of aliphatic hydroxyl groups is 2. The zero-order chi connectivity index (χ0) is 17.6. The topological polar surface area (TPSA) is 40.5 Å². The number of rotatable bonds is 3. The summed E-state index contributed by atoms with van der Waals surface area (Å²) in [6.07, 6.45) is -11.8. The molecule has 0 fully saturated rings. The van der Waals surface area contributed by atoms with Crippen LogP contribution in [-0.4, -0.2) is 36.4 Å². The molecule has 2 N–H and O–H groups in total. The lowest BCUT2D eigenvalue weighted by atomic mass is 9.92. The smallest absolute Gasteiger partial charge is 0.396 e. The fourth-order valence-corrected chi connectivity index (χ4v) is 3.38. The normalized spacial score (nSPS) is 15.8. The lowest BCUT2D eigenvalue weighted by molar-refractivity contribution is -0.376. The second-order valence-electron chi connectivity index (χ2n) is 5.68. The first kappa shape index (κ1) is 19.0.